The van der Waals surface area contributed by atoms with Gasteiger partial charge in [0.25, 0.3) is 0 Å². The highest BCUT2D eigenvalue weighted by atomic mass is 16.5. The minimum absolute atomic E-state index is 0.0477. The van der Waals surface area contributed by atoms with Crippen LogP contribution in [0.5, 0.6) is 0 Å². The largest absolute Gasteiger partial charge is 0.481 e. The Balaban J connectivity index is 1.33. The van der Waals surface area contributed by atoms with Crippen LogP contribution in [0.15, 0.2) is 48.5 Å². The van der Waals surface area contributed by atoms with Gasteiger partial charge in [0.1, 0.15) is 12.6 Å². The number of fused-ring (bicyclic) bond motifs is 3. The summed E-state index contributed by atoms with van der Waals surface area (Å²) in [6.07, 6.45) is 1.37. The molecular formula is C25H28N2O5. The second kappa shape index (κ2) is 9.42. The summed E-state index contributed by atoms with van der Waals surface area (Å²) in [4.78, 5) is 36.2. The third-order valence-electron chi connectivity index (χ3n) is 6.49. The molecule has 0 saturated heterocycles. The maximum absolute atomic E-state index is 12.6. The van der Waals surface area contributed by atoms with E-state index in [4.69, 9.17) is 9.84 Å². The van der Waals surface area contributed by atoms with Crippen LogP contribution in [-0.4, -0.2) is 41.8 Å². The van der Waals surface area contributed by atoms with Gasteiger partial charge in [0.2, 0.25) is 5.91 Å². The number of carboxylic acids is 1. The summed E-state index contributed by atoms with van der Waals surface area (Å²) < 4.78 is 5.53. The van der Waals surface area contributed by atoms with Gasteiger partial charge in [-0.3, -0.25) is 9.59 Å². The molecule has 7 nitrogen and oxygen atoms in total. The van der Waals surface area contributed by atoms with Crippen LogP contribution >= 0.6 is 0 Å². The van der Waals surface area contributed by atoms with E-state index in [-0.39, 0.29) is 24.5 Å². The number of ether oxygens (including phenoxy) is 1. The van der Waals surface area contributed by atoms with Crippen molar-refractivity contribution < 1.29 is 24.2 Å². The van der Waals surface area contributed by atoms with Crippen molar-refractivity contribution in [2.45, 2.75) is 50.6 Å². The molecule has 2 aliphatic rings. The van der Waals surface area contributed by atoms with Crippen molar-refractivity contribution in [3.63, 3.8) is 0 Å². The highest BCUT2D eigenvalue weighted by Gasteiger charge is 2.33. The summed E-state index contributed by atoms with van der Waals surface area (Å²) >= 11 is 0. The number of amides is 2. The lowest BCUT2D eigenvalue weighted by Crippen LogP contribution is -2.49. The van der Waals surface area contributed by atoms with E-state index in [1.807, 2.05) is 31.2 Å². The molecule has 0 heterocycles. The first-order valence-corrected chi connectivity index (χ1v) is 11.1. The Labute approximate surface area is 187 Å². The van der Waals surface area contributed by atoms with E-state index in [2.05, 4.69) is 34.9 Å². The number of hydrogen-bond donors (Lipinski definition) is 3. The van der Waals surface area contributed by atoms with Crippen LogP contribution in [0.25, 0.3) is 11.1 Å². The number of rotatable bonds is 7. The van der Waals surface area contributed by atoms with Crippen molar-refractivity contribution in [3.8, 4) is 11.1 Å². The Morgan fingerprint density at radius 1 is 1.03 bits per heavy atom. The van der Waals surface area contributed by atoms with Gasteiger partial charge in [-0.2, -0.15) is 0 Å². The number of benzene rings is 2. The number of nitrogens with one attached hydrogen (secondary N) is 2. The van der Waals surface area contributed by atoms with E-state index in [9.17, 15) is 14.4 Å². The van der Waals surface area contributed by atoms with Crippen molar-refractivity contribution in [3.05, 3.63) is 59.7 Å². The van der Waals surface area contributed by atoms with E-state index >= 15 is 0 Å². The monoisotopic (exact) mass is 436 g/mol. The topological polar surface area (TPSA) is 105 Å². The van der Waals surface area contributed by atoms with E-state index in [1.54, 1.807) is 0 Å². The molecule has 4 rings (SSSR count). The van der Waals surface area contributed by atoms with Crippen LogP contribution in [0.1, 0.15) is 49.7 Å². The Bertz CT molecular complexity index is 975. The van der Waals surface area contributed by atoms with Crippen molar-refractivity contribution in [1.29, 1.82) is 0 Å². The molecule has 2 aliphatic carbocycles. The molecule has 7 heteroatoms. The highest BCUT2D eigenvalue weighted by molar-refractivity contribution is 5.86. The summed E-state index contributed by atoms with van der Waals surface area (Å²) in [5.74, 6) is -1.61. The van der Waals surface area contributed by atoms with Crippen LogP contribution in [0.2, 0.25) is 0 Å². The lowest BCUT2D eigenvalue weighted by Gasteiger charge is -2.20. The molecule has 0 radical (unpaired) electrons. The van der Waals surface area contributed by atoms with E-state index < -0.39 is 24.0 Å². The fourth-order valence-electron chi connectivity index (χ4n) is 4.77. The number of carbonyl (C=O) groups is 3. The van der Waals surface area contributed by atoms with Gasteiger partial charge >= 0.3 is 12.1 Å². The standard InChI is InChI=1S/C25H28N2O5/c1-2-22(23(28)26-16-12-11-15(13-16)24(29)30)27-25(31)32-14-21-19-9-5-3-7-17(19)18-8-4-6-10-20(18)21/h3-10,15-16,21-22H,2,11-14H2,1H3,(H,26,28)(H,27,31)(H,29,30)/t15-,16+,22?/m0/s1. The summed E-state index contributed by atoms with van der Waals surface area (Å²) in [7, 11) is 0. The molecule has 1 saturated carbocycles. The average molecular weight is 437 g/mol. The molecule has 3 atom stereocenters. The molecule has 168 valence electrons. The minimum Gasteiger partial charge on any atom is -0.481 e. The summed E-state index contributed by atoms with van der Waals surface area (Å²) in [6.45, 7) is 1.99. The smallest absolute Gasteiger partial charge is 0.407 e. The van der Waals surface area contributed by atoms with Gasteiger partial charge in [-0.25, -0.2) is 4.79 Å². The second-order valence-electron chi connectivity index (χ2n) is 8.48. The molecule has 2 aromatic carbocycles. The van der Waals surface area contributed by atoms with Crippen LogP contribution < -0.4 is 10.6 Å². The van der Waals surface area contributed by atoms with Crippen LogP contribution in [0, 0.1) is 5.92 Å². The maximum atomic E-state index is 12.6. The summed E-state index contributed by atoms with van der Waals surface area (Å²) in [5.41, 5.74) is 4.55. The van der Waals surface area contributed by atoms with Crippen molar-refractivity contribution in [1.82, 2.24) is 10.6 Å². The molecule has 2 aromatic rings. The Morgan fingerprint density at radius 2 is 1.66 bits per heavy atom. The Kier molecular flexibility index (Phi) is 6.44. The molecule has 0 spiro atoms. The average Bonchev–Trinajstić information content (AvgIpc) is 3.39. The molecule has 0 bridgehead atoms. The predicted octanol–water partition coefficient (Wildman–Crippen LogP) is 3.67. The van der Waals surface area contributed by atoms with Crippen LogP contribution in [0.4, 0.5) is 4.79 Å². The van der Waals surface area contributed by atoms with Gasteiger partial charge < -0.3 is 20.5 Å². The van der Waals surface area contributed by atoms with Crippen molar-refractivity contribution >= 4 is 18.0 Å². The molecule has 0 aliphatic heterocycles. The van der Waals surface area contributed by atoms with Crippen LogP contribution in [-0.2, 0) is 14.3 Å². The van der Waals surface area contributed by atoms with Gasteiger partial charge in [0, 0.05) is 12.0 Å². The van der Waals surface area contributed by atoms with Gasteiger partial charge in [-0.15, -0.1) is 0 Å². The zero-order valence-corrected chi connectivity index (χ0v) is 18.0. The second-order valence-corrected chi connectivity index (χ2v) is 8.48. The van der Waals surface area contributed by atoms with Crippen molar-refractivity contribution in [2.75, 3.05) is 6.61 Å². The first kappa shape index (κ1) is 21.9. The quantitative estimate of drug-likeness (QED) is 0.614. The number of alkyl carbamates (subject to hydrolysis) is 1. The highest BCUT2D eigenvalue weighted by Crippen LogP contribution is 2.44. The Hall–Kier alpha value is -3.35. The summed E-state index contributed by atoms with van der Waals surface area (Å²) in [5, 5.41) is 14.7. The first-order valence-electron chi connectivity index (χ1n) is 11.1. The van der Waals surface area contributed by atoms with Gasteiger partial charge in [-0.1, -0.05) is 55.5 Å². The third-order valence-corrected chi connectivity index (χ3v) is 6.49. The molecule has 32 heavy (non-hydrogen) atoms. The number of carbonyl (C=O) groups excluding carboxylic acids is 2. The third kappa shape index (κ3) is 4.47. The molecule has 1 unspecified atom stereocenters. The number of aliphatic carboxylic acids is 1. The first-order chi connectivity index (χ1) is 15.5. The Morgan fingerprint density at radius 3 is 2.22 bits per heavy atom. The summed E-state index contributed by atoms with van der Waals surface area (Å²) in [6, 6.07) is 15.3. The number of hydrogen-bond acceptors (Lipinski definition) is 4. The molecule has 1 fully saturated rings. The SMILES string of the molecule is CCC(NC(=O)OCC1c2ccccc2-c2ccccc21)C(=O)N[C@@H]1CC[C@H](C(=O)O)C1. The predicted molar refractivity (Wildman–Crippen MR) is 119 cm³/mol. The van der Waals surface area contributed by atoms with E-state index in [1.165, 1.54) is 0 Å². The minimum atomic E-state index is -0.828. The van der Waals surface area contributed by atoms with E-state index in [0.29, 0.717) is 25.7 Å². The maximum Gasteiger partial charge on any atom is 0.407 e. The lowest BCUT2D eigenvalue weighted by atomic mass is 9.98. The fourth-order valence-corrected chi connectivity index (χ4v) is 4.77. The lowest BCUT2D eigenvalue weighted by molar-refractivity contribution is -0.141. The molecule has 2 amide bonds. The zero-order chi connectivity index (χ0) is 22.7. The molecular weight excluding hydrogens is 408 g/mol. The van der Waals surface area contributed by atoms with Gasteiger partial charge in [0.15, 0.2) is 0 Å². The number of carboxylic acid groups (broad SMARTS) is 1. The van der Waals surface area contributed by atoms with Gasteiger partial charge in [-0.05, 0) is 47.9 Å². The van der Waals surface area contributed by atoms with Crippen molar-refractivity contribution in [2.24, 2.45) is 5.92 Å². The normalized spacial score (nSPS) is 20.2. The van der Waals surface area contributed by atoms with Gasteiger partial charge in [0.05, 0.1) is 5.92 Å². The fraction of sp³-hybridized carbons (Fsp3) is 0.400. The molecule has 3 N–H and O–H groups in total. The van der Waals surface area contributed by atoms with E-state index in [0.717, 1.165) is 22.3 Å². The van der Waals surface area contributed by atoms with Crippen LogP contribution in [0.3, 0.4) is 0 Å². The molecule has 0 aromatic heterocycles. The zero-order valence-electron chi connectivity index (χ0n) is 18.0.